The Bertz CT molecular complexity index is 630. The third-order valence-corrected chi connectivity index (χ3v) is 5.44. The minimum Gasteiger partial charge on any atom is -0.478 e. The maximum atomic E-state index is 12.4. The van der Waals surface area contributed by atoms with E-state index in [2.05, 4.69) is 6.58 Å². The Morgan fingerprint density at radius 3 is 2.48 bits per heavy atom. The Labute approximate surface area is 126 Å². The molecule has 0 heterocycles. The second-order valence-corrected chi connectivity index (χ2v) is 7.26. The van der Waals surface area contributed by atoms with Crippen LogP contribution < -0.4 is 0 Å². The number of unbranched alkanes of at least 4 members (excludes halogenated alkanes) is 3. The molecule has 0 spiro atoms. The topological polar surface area (TPSA) is 71.4 Å². The summed E-state index contributed by atoms with van der Waals surface area (Å²) in [6.45, 7) is 7.07. The van der Waals surface area contributed by atoms with Crippen molar-refractivity contribution in [3.8, 4) is 0 Å². The lowest BCUT2D eigenvalue weighted by atomic mass is 10.1. The van der Waals surface area contributed by atoms with E-state index in [1.54, 1.807) is 13.8 Å². The van der Waals surface area contributed by atoms with Gasteiger partial charge in [0.15, 0.2) is 9.84 Å². The molecule has 0 fully saturated rings. The van der Waals surface area contributed by atoms with Crippen LogP contribution in [-0.4, -0.2) is 25.2 Å². The van der Waals surface area contributed by atoms with Gasteiger partial charge in [0.25, 0.3) is 0 Å². The number of benzene rings is 1. The van der Waals surface area contributed by atoms with Gasteiger partial charge in [0.2, 0.25) is 0 Å². The highest BCUT2D eigenvalue weighted by molar-refractivity contribution is 7.91. The molecular weight excluding hydrogens is 288 g/mol. The number of carboxylic acid groups (broad SMARTS) is 1. The lowest BCUT2D eigenvalue weighted by Gasteiger charge is -2.11. The number of hydrogen-bond donors (Lipinski definition) is 1. The molecule has 0 atom stereocenters. The first-order chi connectivity index (χ1) is 9.79. The molecule has 0 saturated carbocycles. The number of sulfone groups is 1. The predicted molar refractivity (Wildman–Crippen MR) is 83.6 cm³/mol. The first-order valence-electron chi connectivity index (χ1n) is 6.98. The van der Waals surface area contributed by atoms with Crippen LogP contribution in [0.5, 0.6) is 0 Å². The van der Waals surface area contributed by atoms with Crippen molar-refractivity contribution in [2.75, 3.05) is 5.75 Å². The largest absolute Gasteiger partial charge is 0.478 e. The van der Waals surface area contributed by atoms with Crippen molar-refractivity contribution in [1.82, 2.24) is 0 Å². The molecule has 1 aromatic carbocycles. The zero-order chi connectivity index (χ0) is 16.0. The minimum atomic E-state index is -3.45. The Hall–Kier alpha value is -1.62. The van der Waals surface area contributed by atoms with Crippen molar-refractivity contribution in [3.05, 3.63) is 41.5 Å². The molecule has 0 aliphatic carbocycles. The van der Waals surface area contributed by atoms with E-state index in [-0.39, 0.29) is 16.2 Å². The molecule has 1 N–H and O–H groups in total. The SMILES string of the molecule is C=CCCCCCS(=O)(=O)c1cc(C(=O)O)cc(C)c1C. The summed E-state index contributed by atoms with van der Waals surface area (Å²) in [5, 5.41) is 9.06. The van der Waals surface area contributed by atoms with Crippen molar-refractivity contribution >= 4 is 15.8 Å². The first-order valence-corrected chi connectivity index (χ1v) is 8.63. The van der Waals surface area contributed by atoms with E-state index >= 15 is 0 Å². The van der Waals surface area contributed by atoms with Crippen LogP contribution in [0, 0.1) is 13.8 Å². The van der Waals surface area contributed by atoms with Crippen LogP contribution in [0.25, 0.3) is 0 Å². The van der Waals surface area contributed by atoms with Gasteiger partial charge in [-0.2, -0.15) is 0 Å². The normalized spacial score (nSPS) is 11.3. The van der Waals surface area contributed by atoms with Crippen LogP contribution in [0.4, 0.5) is 0 Å². The second kappa shape index (κ2) is 7.41. The van der Waals surface area contributed by atoms with Crippen molar-refractivity contribution < 1.29 is 18.3 Å². The maximum absolute atomic E-state index is 12.4. The van der Waals surface area contributed by atoms with Gasteiger partial charge in [-0.25, -0.2) is 13.2 Å². The van der Waals surface area contributed by atoms with Crippen LogP contribution in [0.1, 0.15) is 47.2 Å². The fraction of sp³-hybridized carbons (Fsp3) is 0.438. The summed E-state index contributed by atoms with van der Waals surface area (Å²) < 4.78 is 24.8. The molecule has 0 aliphatic rings. The van der Waals surface area contributed by atoms with Crippen LogP contribution in [0.2, 0.25) is 0 Å². The van der Waals surface area contributed by atoms with Crippen molar-refractivity contribution in [1.29, 1.82) is 0 Å². The third kappa shape index (κ3) is 4.70. The number of aromatic carboxylic acids is 1. The molecule has 0 saturated heterocycles. The summed E-state index contributed by atoms with van der Waals surface area (Å²) in [4.78, 5) is 11.2. The fourth-order valence-electron chi connectivity index (χ4n) is 2.14. The molecule has 0 unspecified atom stereocenters. The van der Waals surface area contributed by atoms with E-state index in [9.17, 15) is 13.2 Å². The Balaban J connectivity index is 2.97. The summed E-state index contributed by atoms with van der Waals surface area (Å²) in [6.07, 6.45) is 5.02. The molecule has 1 aromatic rings. The average molecular weight is 310 g/mol. The molecule has 1 rings (SSSR count). The van der Waals surface area contributed by atoms with E-state index in [1.165, 1.54) is 12.1 Å². The molecule has 0 aliphatic heterocycles. The number of hydrogen-bond acceptors (Lipinski definition) is 3. The Kier molecular flexibility index (Phi) is 6.15. The van der Waals surface area contributed by atoms with Crippen molar-refractivity contribution in [2.45, 2.75) is 44.4 Å². The van der Waals surface area contributed by atoms with Gasteiger partial charge in [-0.3, -0.25) is 0 Å². The van der Waals surface area contributed by atoms with Gasteiger partial charge < -0.3 is 5.11 Å². The zero-order valence-electron chi connectivity index (χ0n) is 12.6. The predicted octanol–water partition coefficient (Wildman–Crippen LogP) is 3.52. The zero-order valence-corrected chi connectivity index (χ0v) is 13.4. The van der Waals surface area contributed by atoms with Gasteiger partial charge in [0.1, 0.15) is 0 Å². The van der Waals surface area contributed by atoms with E-state index in [0.717, 1.165) is 19.3 Å². The quantitative estimate of drug-likeness (QED) is 0.589. The smallest absolute Gasteiger partial charge is 0.335 e. The molecule has 0 radical (unpaired) electrons. The number of carboxylic acids is 1. The third-order valence-electron chi connectivity index (χ3n) is 3.52. The van der Waals surface area contributed by atoms with Crippen LogP contribution in [-0.2, 0) is 9.84 Å². The van der Waals surface area contributed by atoms with Gasteiger partial charge in [0.05, 0.1) is 16.2 Å². The highest BCUT2D eigenvalue weighted by atomic mass is 32.2. The van der Waals surface area contributed by atoms with Gasteiger partial charge in [-0.05, 0) is 56.4 Å². The Morgan fingerprint density at radius 1 is 1.24 bits per heavy atom. The average Bonchev–Trinajstić information content (AvgIpc) is 2.40. The highest BCUT2D eigenvalue weighted by Gasteiger charge is 2.20. The lowest BCUT2D eigenvalue weighted by Crippen LogP contribution is -2.11. The molecule has 21 heavy (non-hydrogen) atoms. The number of carbonyl (C=O) groups is 1. The summed E-state index contributed by atoms with van der Waals surface area (Å²) in [5.41, 5.74) is 1.33. The maximum Gasteiger partial charge on any atom is 0.335 e. The molecular formula is C16H22O4S. The van der Waals surface area contributed by atoms with E-state index in [1.807, 2.05) is 6.08 Å². The van der Waals surface area contributed by atoms with Gasteiger partial charge >= 0.3 is 5.97 Å². The molecule has 0 amide bonds. The molecule has 4 nitrogen and oxygen atoms in total. The summed E-state index contributed by atoms with van der Waals surface area (Å²) in [7, 11) is -3.45. The monoisotopic (exact) mass is 310 g/mol. The standard InChI is InChI=1S/C16H22O4S/c1-4-5-6-7-8-9-21(19,20)15-11-14(16(17)18)10-12(2)13(15)3/h4,10-11H,1,5-9H2,2-3H3,(H,17,18). The summed E-state index contributed by atoms with van der Waals surface area (Å²) in [6, 6.07) is 2.77. The first kappa shape index (κ1) is 17.4. The van der Waals surface area contributed by atoms with E-state index in [4.69, 9.17) is 5.11 Å². The summed E-state index contributed by atoms with van der Waals surface area (Å²) in [5.74, 6) is -1.06. The Morgan fingerprint density at radius 2 is 1.90 bits per heavy atom. The number of rotatable bonds is 8. The molecule has 5 heteroatoms. The number of allylic oxidation sites excluding steroid dienone is 1. The van der Waals surface area contributed by atoms with Crippen molar-refractivity contribution in [2.24, 2.45) is 0 Å². The van der Waals surface area contributed by atoms with Gasteiger partial charge in [-0.15, -0.1) is 6.58 Å². The van der Waals surface area contributed by atoms with Gasteiger partial charge in [0, 0.05) is 0 Å². The van der Waals surface area contributed by atoms with E-state index in [0.29, 0.717) is 17.5 Å². The van der Waals surface area contributed by atoms with E-state index < -0.39 is 15.8 Å². The number of aryl methyl sites for hydroxylation is 1. The van der Waals surface area contributed by atoms with Crippen LogP contribution in [0.15, 0.2) is 29.7 Å². The molecule has 116 valence electrons. The fourth-order valence-corrected chi connectivity index (χ4v) is 3.88. The van der Waals surface area contributed by atoms with Crippen molar-refractivity contribution in [3.63, 3.8) is 0 Å². The molecule has 0 aromatic heterocycles. The van der Waals surface area contributed by atoms with Gasteiger partial charge in [-0.1, -0.05) is 12.5 Å². The van der Waals surface area contributed by atoms with Crippen LogP contribution in [0.3, 0.4) is 0 Å². The molecule has 0 bridgehead atoms. The van der Waals surface area contributed by atoms with Crippen LogP contribution >= 0.6 is 0 Å². The minimum absolute atomic E-state index is 0.0170. The lowest BCUT2D eigenvalue weighted by molar-refractivity contribution is 0.0696. The summed E-state index contributed by atoms with van der Waals surface area (Å²) >= 11 is 0. The second-order valence-electron chi connectivity index (χ2n) is 5.18. The highest BCUT2D eigenvalue weighted by Crippen LogP contribution is 2.23.